The molecule has 0 heterocycles. The Labute approximate surface area is 103 Å². The summed E-state index contributed by atoms with van der Waals surface area (Å²) in [6.07, 6.45) is 0. The molecule has 0 spiro atoms. The number of benzene rings is 1. The smallest absolute Gasteiger partial charge is 0.339 e. The summed E-state index contributed by atoms with van der Waals surface area (Å²) in [7, 11) is 1.28. The predicted molar refractivity (Wildman–Crippen MR) is 66.3 cm³/mol. The standard InChI is InChI=1S/C9H10ClN3O2S/c1-15-8(14)6-4-5(2-3-7(6)10)12-9(16)13-11/h2-4H,11H2,1H3,(H2,12,13,16). The van der Waals surface area contributed by atoms with Crippen molar-refractivity contribution in [2.75, 3.05) is 12.4 Å². The fourth-order valence-corrected chi connectivity index (χ4v) is 1.35. The number of carbonyl (C=O) groups is 1. The van der Waals surface area contributed by atoms with Crippen LogP contribution in [-0.2, 0) is 4.74 Å². The quantitative estimate of drug-likeness (QED) is 0.322. The maximum atomic E-state index is 11.3. The van der Waals surface area contributed by atoms with E-state index in [0.717, 1.165) is 0 Å². The van der Waals surface area contributed by atoms with Crippen molar-refractivity contribution in [1.82, 2.24) is 5.43 Å². The van der Waals surface area contributed by atoms with Gasteiger partial charge in [0.05, 0.1) is 17.7 Å². The van der Waals surface area contributed by atoms with Crippen molar-refractivity contribution in [2.45, 2.75) is 0 Å². The Kier molecular flexibility index (Phi) is 4.48. The van der Waals surface area contributed by atoms with E-state index < -0.39 is 5.97 Å². The van der Waals surface area contributed by atoms with Crippen molar-refractivity contribution in [3.05, 3.63) is 28.8 Å². The molecule has 0 bridgehead atoms. The summed E-state index contributed by atoms with van der Waals surface area (Å²) >= 11 is 10.6. The van der Waals surface area contributed by atoms with Crippen LogP contribution in [0, 0.1) is 0 Å². The highest BCUT2D eigenvalue weighted by atomic mass is 35.5. The van der Waals surface area contributed by atoms with Gasteiger partial charge in [0, 0.05) is 5.69 Å². The lowest BCUT2D eigenvalue weighted by molar-refractivity contribution is 0.0601. The number of hydrazine groups is 1. The van der Waals surface area contributed by atoms with Crippen molar-refractivity contribution in [1.29, 1.82) is 0 Å². The van der Waals surface area contributed by atoms with Gasteiger partial charge in [0.2, 0.25) is 0 Å². The number of anilines is 1. The lowest BCUT2D eigenvalue weighted by Gasteiger charge is -2.09. The number of ether oxygens (including phenoxy) is 1. The van der Waals surface area contributed by atoms with Crippen LogP contribution in [-0.4, -0.2) is 18.2 Å². The number of thiocarbonyl (C=S) groups is 1. The van der Waals surface area contributed by atoms with Crippen molar-refractivity contribution >= 4 is 40.6 Å². The fraction of sp³-hybridized carbons (Fsp3) is 0.111. The fourth-order valence-electron chi connectivity index (χ4n) is 1.04. The summed E-state index contributed by atoms with van der Waals surface area (Å²) < 4.78 is 4.58. The van der Waals surface area contributed by atoms with Gasteiger partial charge >= 0.3 is 5.97 Å². The number of hydrogen-bond donors (Lipinski definition) is 3. The van der Waals surface area contributed by atoms with Crippen LogP contribution in [0.25, 0.3) is 0 Å². The van der Waals surface area contributed by atoms with Gasteiger partial charge in [-0.3, -0.25) is 0 Å². The topological polar surface area (TPSA) is 76.4 Å². The van der Waals surface area contributed by atoms with Crippen LogP contribution < -0.4 is 16.6 Å². The number of rotatable bonds is 2. The number of nitrogens with two attached hydrogens (primary N) is 1. The van der Waals surface area contributed by atoms with Crippen molar-refractivity contribution in [2.24, 2.45) is 5.84 Å². The SMILES string of the molecule is COC(=O)c1cc(NC(=S)NN)ccc1Cl. The molecule has 0 aliphatic rings. The number of nitrogens with one attached hydrogen (secondary N) is 2. The molecule has 0 aromatic heterocycles. The van der Waals surface area contributed by atoms with Gasteiger partial charge in [-0.05, 0) is 30.4 Å². The van der Waals surface area contributed by atoms with Gasteiger partial charge in [0.25, 0.3) is 0 Å². The zero-order chi connectivity index (χ0) is 12.1. The summed E-state index contributed by atoms with van der Waals surface area (Å²) in [4.78, 5) is 11.3. The van der Waals surface area contributed by atoms with E-state index in [1.807, 2.05) is 0 Å². The third-order valence-corrected chi connectivity index (χ3v) is 2.31. The number of esters is 1. The second-order valence-electron chi connectivity index (χ2n) is 2.78. The number of hydrogen-bond acceptors (Lipinski definition) is 4. The van der Waals surface area contributed by atoms with Crippen molar-refractivity contribution in [3.63, 3.8) is 0 Å². The maximum absolute atomic E-state index is 11.3. The highest BCUT2D eigenvalue weighted by Gasteiger charge is 2.11. The first kappa shape index (κ1) is 12.7. The summed E-state index contributed by atoms with van der Waals surface area (Å²) in [5.41, 5.74) is 3.11. The second-order valence-corrected chi connectivity index (χ2v) is 3.60. The third kappa shape index (κ3) is 3.06. The third-order valence-electron chi connectivity index (χ3n) is 1.76. The van der Waals surface area contributed by atoms with E-state index in [0.29, 0.717) is 10.7 Å². The van der Waals surface area contributed by atoms with Gasteiger partial charge in [-0.1, -0.05) is 11.6 Å². The zero-order valence-corrected chi connectivity index (χ0v) is 9.98. The van der Waals surface area contributed by atoms with E-state index >= 15 is 0 Å². The molecule has 0 saturated carbocycles. The molecule has 0 aliphatic heterocycles. The minimum absolute atomic E-state index is 0.234. The number of carbonyl (C=O) groups excluding carboxylic acids is 1. The van der Waals surface area contributed by atoms with E-state index in [2.05, 4.69) is 15.5 Å². The molecule has 0 unspecified atom stereocenters. The Morgan fingerprint density at radius 1 is 1.56 bits per heavy atom. The molecule has 0 atom stereocenters. The lowest BCUT2D eigenvalue weighted by atomic mass is 10.2. The van der Waals surface area contributed by atoms with Crippen molar-refractivity contribution in [3.8, 4) is 0 Å². The first-order chi connectivity index (χ1) is 7.58. The largest absolute Gasteiger partial charge is 0.465 e. The average Bonchev–Trinajstić information content (AvgIpc) is 2.30. The summed E-state index contributed by atoms with van der Waals surface area (Å²) in [5, 5.41) is 3.31. The highest BCUT2D eigenvalue weighted by molar-refractivity contribution is 7.80. The van der Waals surface area contributed by atoms with Gasteiger partial charge in [0.1, 0.15) is 0 Å². The van der Waals surface area contributed by atoms with E-state index in [1.165, 1.54) is 13.2 Å². The molecule has 0 fully saturated rings. The number of methoxy groups -OCH3 is 1. The van der Waals surface area contributed by atoms with Crippen LogP contribution in [0.15, 0.2) is 18.2 Å². The minimum atomic E-state index is -0.514. The molecule has 1 aromatic carbocycles. The molecule has 0 amide bonds. The van der Waals surface area contributed by atoms with Crippen LogP contribution in [0.5, 0.6) is 0 Å². The minimum Gasteiger partial charge on any atom is -0.465 e. The molecule has 7 heteroatoms. The van der Waals surface area contributed by atoms with Gasteiger partial charge < -0.3 is 15.5 Å². The molecule has 0 aliphatic carbocycles. The van der Waals surface area contributed by atoms with E-state index in [9.17, 15) is 4.79 Å². The van der Waals surface area contributed by atoms with Crippen LogP contribution in [0.4, 0.5) is 5.69 Å². The molecule has 5 nitrogen and oxygen atoms in total. The molecule has 0 radical (unpaired) electrons. The molecular weight excluding hydrogens is 250 g/mol. The summed E-state index contributed by atoms with van der Waals surface area (Å²) in [5.74, 6) is 4.59. The first-order valence-electron chi connectivity index (χ1n) is 4.24. The van der Waals surface area contributed by atoms with Crippen LogP contribution in [0.2, 0.25) is 5.02 Å². The van der Waals surface area contributed by atoms with Crippen LogP contribution in [0.1, 0.15) is 10.4 Å². The second kappa shape index (κ2) is 5.64. The van der Waals surface area contributed by atoms with Gasteiger partial charge in [-0.25, -0.2) is 10.6 Å². The lowest BCUT2D eigenvalue weighted by Crippen LogP contribution is -2.34. The molecule has 1 aromatic rings. The summed E-state index contributed by atoms with van der Waals surface area (Å²) in [6, 6.07) is 4.76. The van der Waals surface area contributed by atoms with E-state index in [1.54, 1.807) is 12.1 Å². The van der Waals surface area contributed by atoms with Gasteiger partial charge in [-0.15, -0.1) is 0 Å². The van der Waals surface area contributed by atoms with Crippen LogP contribution >= 0.6 is 23.8 Å². The van der Waals surface area contributed by atoms with Crippen molar-refractivity contribution < 1.29 is 9.53 Å². The molecule has 0 saturated heterocycles. The average molecular weight is 260 g/mol. The Morgan fingerprint density at radius 3 is 2.81 bits per heavy atom. The summed E-state index contributed by atoms with van der Waals surface area (Å²) in [6.45, 7) is 0. The molecule has 1 rings (SSSR count). The molecule has 16 heavy (non-hydrogen) atoms. The maximum Gasteiger partial charge on any atom is 0.339 e. The predicted octanol–water partition coefficient (Wildman–Crippen LogP) is 1.29. The van der Waals surface area contributed by atoms with Gasteiger partial charge in [0.15, 0.2) is 5.11 Å². The molecule has 4 N–H and O–H groups in total. The van der Waals surface area contributed by atoms with E-state index in [4.69, 9.17) is 29.7 Å². The van der Waals surface area contributed by atoms with Gasteiger partial charge in [-0.2, -0.15) is 0 Å². The first-order valence-corrected chi connectivity index (χ1v) is 5.02. The molecular formula is C9H10ClN3O2S. The van der Waals surface area contributed by atoms with E-state index in [-0.39, 0.29) is 10.7 Å². The number of halogens is 1. The Hall–Kier alpha value is -1.37. The Balaban J connectivity index is 2.98. The highest BCUT2D eigenvalue weighted by Crippen LogP contribution is 2.21. The normalized spacial score (nSPS) is 9.44. The Bertz CT molecular complexity index is 425. The monoisotopic (exact) mass is 259 g/mol. The zero-order valence-electron chi connectivity index (χ0n) is 8.41. The van der Waals surface area contributed by atoms with Crippen LogP contribution in [0.3, 0.4) is 0 Å². The Morgan fingerprint density at radius 2 is 2.25 bits per heavy atom. The molecule has 86 valence electrons.